The molecule has 7 nitrogen and oxygen atoms in total. The van der Waals surface area contributed by atoms with Crippen molar-refractivity contribution in [3.63, 3.8) is 0 Å². The molecule has 2 rings (SSSR count). The minimum Gasteiger partial charge on any atom is -0.493 e. The molecule has 0 aliphatic rings. The zero-order chi connectivity index (χ0) is 20.7. The molecule has 0 saturated heterocycles. The Kier molecular flexibility index (Phi) is 7.52. The minimum absolute atomic E-state index is 0.128. The Hall–Kier alpha value is -2.93. The molecule has 28 heavy (non-hydrogen) atoms. The Morgan fingerprint density at radius 2 is 1.79 bits per heavy atom. The summed E-state index contributed by atoms with van der Waals surface area (Å²) >= 11 is 5.88. The lowest BCUT2D eigenvalue weighted by Gasteiger charge is -2.21. The van der Waals surface area contributed by atoms with Gasteiger partial charge in [-0.2, -0.15) is 0 Å². The molecule has 2 aromatic carbocycles. The number of hydrogen-bond acceptors (Lipinski definition) is 6. The molecule has 0 unspecified atom stereocenters. The highest BCUT2D eigenvalue weighted by atomic mass is 35.5. The fourth-order valence-corrected chi connectivity index (χ4v) is 2.75. The van der Waals surface area contributed by atoms with E-state index in [1.807, 2.05) is 13.0 Å². The number of benzene rings is 2. The fourth-order valence-electron chi connectivity index (χ4n) is 2.58. The van der Waals surface area contributed by atoms with Gasteiger partial charge in [0.15, 0.2) is 18.1 Å². The molecule has 0 aliphatic heterocycles. The van der Waals surface area contributed by atoms with E-state index in [2.05, 4.69) is 0 Å². The number of esters is 1. The zero-order valence-electron chi connectivity index (χ0n) is 16.0. The molecule has 0 atom stereocenters. The highest BCUT2D eigenvalue weighted by Gasteiger charge is 2.18. The first-order valence-corrected chi connectivity index (χ1v) is 8.98. The molecule has 150 valence electrons. The molecule has 0 heterocycles. The quantitative estimate of drug-likeness (QED) is 0.535. The maximum Gasteiger partial charge on any atom is 0.340 e. The third-order valence-corrected chi connectivity index (χ3v) is 4.35. The number of halogens is 1. The average molecular weight is 407 g/mol. The van der Waals surface area contributed by atoms with E-state index in [9.17, 15) is 9.59 Å². The maximum atomic E-state index is 12.5. The normalized spacial score (nSPS) is 10.3. The minimum atomic E-state index is -0.699. The van der Waals surface area contributed by atoms with Crippen LogP contribution in [0.5, 0.6) is 11.5 Å². The van der Waals surface area contributed by atoms with Crippen LogP contribution in [0.15, 0.2) is 36.4 Å². The monoisotopic (exact) mass is 406 g/mol. The number of nitrogens with two attached hydrogens (primary N) is 1. The molecule has 2 aromatic rings. The number of amides is 1. The van der Waals surface area contributed by atoms with Crippen LogP contribution in [-0.2, 0) is 16.1 Å². The van der Waals surface area contributed by atoms with Gasteiger partial charge in [0.05, 0.1) is 19.8 Å². The second kappa shape index (κ2) is 9.85. The van der Waals surface area contributed by atoms with Crippen LogP contribution in [0.4, 0.5) is 5.69 Å². The molecule has 0 saturated carbocycles. The standard InChI is InChI=1S/C20H23ClN2O5/c1-4-23(11-13-5-8-17(26-2)18(9-13)27-3)19(24)12-28-20(25)15-10-14(21)6-7-16(15)22/h5-10H,4,11-12,22H2,1-3H3. The number of methoxy groups -OCH3 is 2. The van der Waals surface area contributed by atoms with Gasteiger partial charge in [-0.05, 0) is 42.8 Å². The van der Waals surface area contributed by atoms with Gasteiger partial charge in [0.2, 0.25) is 0 Å². The molecule has 0 radical (unpaired) electrons. The van der Waals surface area contributed by atoms with Crippen molar-refractivity contribution in [3.05, 3.63) is 52.5 Å². The highest BCUT2D eigenvalue weighted by Crippen LogP contribution is 2.28. The lowest BCUT2D eigenvalue weighted by Crippen LogP contribution is -2.34. The predicted molar refractivity (Wildman–Crippen MR) is 107 cm³/mol. The number of nitrogen functional groups attached to an aromatic ring is 1. The van der Waals surface area contributed by atoms with Gasteiger partial charge in [-0.3, -0.25) is 4.79 Å². The third kappa shape index (κ3) is 5.29. The summed E-state index contributed by atoms with van der Waals surface area (Å²) in [6, 6.07) is 9.90. The van der Waals surface area contributed by atoms with Gasteiger partial charge in [-0.1, -0.05) is 17.7 Å². The molecule has 8 heteroatoms. The fraction of sp³-hybridized carbons (Fsp3) is 0.300. The molecule has 0 spiro atoms. The van der Waals surface area contributed by atoms with Gasteiger partial charge >= 0.3 is 5.97 Å². The SMILES string of the molecule is CCN(Cc1ccc(OC)c(OC)c1)C(=O)COC(=O)c1cc(Cl)ccc1N. The number of likely N-dealkylation sites (N-methyl/N-ethyl adjacent to an activating group) is 1. The van der Waals surface area contributed by atoms with Gasteiger partial charge in [0, 0.05) is 23.8 Å². The first-order valence-electron chi connectivity index (χ1n) is 8.60. The topological polar surface area (TPSA) is 91.1 Å². The Bertz CT molecular complexity index is 856. The van der Waals surface area contributed by atoms with Gasteiger partial charge in [-0.15, -0.1) is 0 Å². The summed E-state index contributed by atoms with van der Waals surface area (Å²) in [6.45, 7) is 2.23. The molecular weight excluding hydrogens is 384 g/mol. The van der Waals surface area contributed by atoms with Crippen molar-refractivity contribution >= 4 is 29.2 Å². The molecule has 0 fully saturated rings. The number of ether oxygens (including phenoxy) is 3. The third-order valence-electron chi connectivity index (χ3n) is 4.12. The van der Waals surface area contributed by atoms with Gasteiger partial charge in [-0.25, -0.2) is 4.79 Å². The summed E-state index contributed by atoms with van der Waals surface area (Å²) in [6.07, 6.45) is 0. The van der Waals surface area contributed by atoms with Crippen LogP contribution in [0.1, 0.15) is 22.8 Å². The number of carbonyl (C=O) groups excluding carboxylic acids is 2. The van der Waals surface area contributed by atoms with Crippen molar-refractivity contribution in [1.82, 2.24) is 4.90 Å². The van der Waals surface area contributed by atoms with Gasteiger partial charge in [0.25, 0.3) is 5.91 Å². The number of hydrogen-bond donors (Lipinski definition) is 1. The van der Waals surface area contributed by atoms with E-state index < -0.39 is 12.6 Å². The van der Waals surface area contributed by atoms with Crippen molar-refractivity contribution in [3.8, 4) is 11.5 Å². The molecule has 2 N–H and O–H groups in total. The van der Waals surface area contributed by atoms with E-state index in [0.29, 0.717) is 29.6 Å². The van der Waals surface area contributed by atoms with Crippen LogP contribution >= 0.6 is 11.6 Å². The lowest BCUT2D eigenvalue weighted by atomic mass is 10.2. The number of carbonyl (C=O) groups is 2. The van der Waals surface area contributed by atoms with Crippen LogP contribution in [0.3, 0.4) is 0 Å². The average Bonchev–Trinajstić information content (AvgIpc) is 2.71. The Labute approximate surface area is 168 Å². The number of rotatable bonds is 8. The summed E-state index contributed by atoms with van der Waals surface area (Å²) < 4.78 is 15.6. The lowest BCUT2D eigenvalue weighted by molar-refractivity contribution is -0.134. The number of anilines is 1. The van der Waals surface area contributed by atoms with E-state index in [1.165, 1.54) is 12.1 Å². The highest BCUT2D eigenvalue weighted by molar-refractivity contribution is 6.31. The predicted octanol–water partition coefficient (Wildman–Crippen LogP) is 3.14. The van der Waals surface area contributed by atoms with Crippen molar-refractivity contribution in [2.75, 3.05) is 33.1 Å². The zero-order valence-corrected chi connectivity index (χ0v) is 16.8. The first-order chi connectivity index (χ1) is 13.4. The Balaban J connectivity index is 2.01. The van der Waals surface area contributed by atoms with E-state index in [4.69, 9.17) is 31.5 Å². The van der Waals surface area contributed by atoms with Crippen molar-refractivity contribution < 1.29 is 23.8 Å². The largest absolute Gasteiger partial charge is 0.493 e. The summed E-state index contributed by atoms with van der Waals surface area (Å²) in [5.74, 6) is 0.154. The smallest absolute Gasteiger partial charge is 0.340 e. The van der Waals surface area contributed by atoms with E-state index in [0.717, 1.165) is 5.56 Å². The summed E-state index contributed by atoms with van der Waals surface area (Å²) in [5, 5.41) is 0.358. The summed E-state index contributed by atoms with van der Waals surface area (Å²) in [7, 11) is 3.10. The summed E-state index contributed by atoms with van der Waals surface area (Å²) in [5.41, 5.74) is 6.98. The molecule has 0 bridgehead atoms. The maximum absolute atomic E-state index is 12.5. The van der Waals surface area contributed by atoms with E-state index in [-0.39, 0.29) is 17.2 Å². The van der Waals surface area contributed by atoms with Crippen molar-refractivity contribution in [1.29, 1.82) is 0 Å². The van der Waals surface area contributed by atoms with Crippen LogP contribution in [0.25, 0.3) is 0 Å². The molecular formula is C20H23ClN2O5. The van der Waals surface area contributed by atoms with Crippen molar-refractivity contribution in [2.45, 2.75) is 13.5 Å². The van der Waals surface area contributed by atoms with E-state index in [1.54, 1.807) is 37.3 Å². The van der Waals surface area contributed by atoms with Crippen molar-refractivity contribution in [2.24, 2.45) is 0 Å². The number of nitrogens with zero attached hydrogens (tertiary/aromatic N) is 1. The van der Waals surface area contributed by atoms with E-state index >= 15 is 0 Å². The Morgan fingerprint density at radius 3 is 2.43 bits per heavy atom. The first kappa shape index (κ1) is 21.4. The van der Waals surface area contributed by atoms with Crippen LogP contribution < -0.4 is 15.2 Å². The second-order valence-electron chi connectivity index (χ2n) is 5.90. The molecule has 1 amide bonds. The van der Waals surface area contributed by atoms with Gasteiger partial charge < -0.3 is 24.8 Å². The Morgan fingerprint density at radius 1 is 1.07 bits per heavy atom. The van der Waals surface area contributed by atoms with Crippen LogP contribution in [-0.4, -0.2) is 44.1 Å². The summed E-state index contributed by atoms with van der Waals surface area (Å²) in [4.78, 5) is 26.2. The van der Waals surface area contributed by atoms with Gasteiger partial charge in [0.1, 0.15) is 0 Å². The van der Waals surface area contributed by atoms with Crippen LogP contribution in [0, 0.1) is 0 Å². The molecule has 0 aromatic heterocycles. The van der Waals surface area contributed by atoms with Crippen LogP contribution in [0.2, 0.25) is 5.02 Å². The second-order valence-corrected chi connectivity index (χ2v) is 6.34. The molecule has 0 aliphatic carbocycles.